The van der Waals surface area contributed by atoms with E-state index in [0.717, 1.165) is 0 Å². The normalized spacial score (nSPS) is 11.5. The van der Waals surface area contributed by atoms with Crippen LogP contribution in [0.2, 0.25) is 5.02 Å². The summed E-state index contributed by atoms with van der Waals surface area (Å²) in [6.45, 7) is -2.92. The van der Waals surface area contributed by atoms with Crippen LogP contribution in [-0.2, 0) is 16.6 Å². The van der Waals surface area contributed by atoms with E-state index in [1.165, 1.54) is 49.6 Å². The molecule has 0 radical (unpaired) electrons. The quantitative estimate of drug-likeness (QED) is 0.803. The van der Waals surface area contributed by atoms with Crippen LogP contribution in [0.1, 0.15) is 5.56 Å². The number of methoxy groups -OCH3 is 1. The summed E-state index contributed by atoms with van der Waals surface area (Å²) in [5, 5.41) is 0.175. The van der Waals surface area contributed by atoms with E-state index in [4.69, 9.17) is 16.3 Å². The Balaban J connectivity index is 2.06. The second-order valence-electron chi connectivity index (χ2n) is 4.64. The zero-order chi connectivity index (χ0) is 17.7. The summed E-state index contributed by atoms with van der Waals surface area (Å²) in [5.74, 6) is 0.365. The van der Waals surface area contributed by atoms with Gasteiger partial charge < -0.3 is 9.47 Å². The van der Waals surface area contributed by atoms with Crippen LogP contribution in [0, 0.1) is 0 Å². The number of ether oxygens (including phenoxy) is 2. The van der Waals surface area contributed by atoms with Crippen LogP contribution < -0.4 is 14.2 Å². The van der Waals surface area contributed by atoms with E-state index in [9.17, 15) is 17.2 Å². The van der Waals surface area contributed by atoms with Crippen molar-refractivity contribution in [1.82, 2.24) is 4.72 Å². The lowest BCUT2D eigenvalue weighted by Crippen LogP contribution is -2.23. The summed E-state index contributed by atoms with van der Waals surface area (Å²) < 4.78 is 60.2. The van der Waals surface area contributed by atoms with Gasteiger partial charge in [0.1, 0.15) is 11.5 Å². The second kappa shape index (κ2) is 7.78. The molecule has 1 N–H and O–H groups in total. The maximum Gasteiger partial charge on any atom is 0.387 e. The van der Waals surface area contributed by atoms with Gasteiger partial charge in [-0.25, -0.2) is 13.1 Å². The third kappa shape index (κ3) is 4.80. The molecule has 130 valence electrons. The molecule has 0 unspecified atom stereocenters. The Morgan fingerprint density at radius 1 is 1.17 bits per heavy atom. The van der Waals surface area contributed by atoms with Gasteiger partial charge in [-0.2, -0.15) is 8.78 Å². The van der Waals surface area contributed by atoms with Gasteiger partial charge in [0.25, 0.3) is 0 Å². The summed E-state index contributed by atoms with van der Waals surface area (Å²) in [6.07, 6.45) is 0. The molecule has 0 saturated heterocycles. The first kappa shape index (κ1) is 18.4. The first-order chi connectivity index (χ1) is 11.3. The molecular formula is C15H14ClF2NO4S. The maximum atomic E-state index is 12.2. The van der Waals surface area contributed by atoms with E-state index in [0.29, 0.717) is 11.3 Å². The molecule has 0 bridgehead atoms. The Hall–Kier alpha value is -1.90. The molecule has 0 amide bonds. The number of nitrogens with one attached hydrogen (secondary N) is 1. The van der Waals surface area contributed by atoms with Gasteiger partial charge in [-0.15, -0.1) is 0 Å². The monoisotopic (exact) mass is 377 g/mol. The molecule has 0 atom stereocenters. The van der Waals surface area contributed by atoms with Gasteiger partial charge in [-0.1, -0.05) is 23.7 Å². The Labute approximate surface area is 143 Å². The second-order valence-corrected chi connectivity index (χ2v) is 6.82. The Morgan fingerprint density at radius 2 is 1.83 bits per heavy atom. The molecule has 2 aromatic carbocycles. The van der Waals surface area contributed by atoms with Gasteiger partial charge in [-0.05, 0) is 35.9 Å². The predicted octanol–water partition coefficient (Wildman–Crippen LogP) is 3.43. The summed E-state index contributed by atoms with van der Waals surface area (Å²) in [7, 11) is -2.35. The molecule has 0 spiro atoms. The smallest absolute Gasteiger partial charge is 0.387 e. The predicted molar refractivity (Wildman–Crippen MR) is 85.1 cm³/mol. The molecule has 0 aliphatic rings. The van der Waals surface area contributed by atoms with Crippen molar-refractivity contribution < 1.29 is 26.7 Å². The summed E-state index contributed by atoms with van der Waals surface area (Å²) >= 11 is 5.92. The average molecular weight is 378 g/mol. The largest absolute Gasteiger partial charge is 0.495 e. The van der Waals surface area contributed by atoms with Crippen molar-refractivity contribution in [2.45, 2.75) is 18.1 Å². The maximum absolute atomic E-state index is 12.2. The minimum absolute atomic E-state index is 0.00135. The minimum atomic E-state index is -3.78. The zero-order valence-corrected chi connectivity index (χ0v) is 14.1. The van der Waals surface area contributed by atoms with Crippen molar-refractivity contribution in [2.75, 3.05) is 7.11 Å². The fourth-order valence-corrected chi connectivity index (χ4v) is 3.23. The van der Waals surface area contributed by atoms with Crippen LogP contribution in [0.5, 0.6) is 11.5 Å². The highest BCUT2D eigenvalue weighted by Crippen LogP contribution is 2.27. The van der Waals surface area contributed by atoms with E-state index in [1.807, 2.05) is 0 Å². The van der Waals surface area contributed by atoms with Crippen LogP contribution >= 0.6 is 11.6 Å². The summed E-state index contributed by atoms with van der Waals surface area (Å²) in [5.41, 5.74) is 0.583. The highest BCUT2D eigenvalue weighted by atomic mass is 35.5. The lowest BCUT2D eigenvalue weighted by molar-refractivity contribution is -0.0498. The lowest BCUT2D eigenvalue weighted by atomic mass is 10.2. The van der Waals surface area contributed by atoms with Crippen LogP contribution in [-0.4, -0.2) is 22.1 Å². The van der Waals surface area contributed by atoms with E-state index in [1.54, 1.807) is 0 Å². The van der Waals surface area contributed by atoms with Gasteiger partial charge in [0.2, 0.25) is 10.0 Å². The van der Waals surface area contributed by atoms with Crippen LogP contribution in [0.4, 0.5) is 8.78 Å². The number of sulfonamides is 1. The Bertz CT molecular complexity index is 798. The molecule has 2 aromatic rings. The fraction of sp³-hybridized carbons (Fsp3) is 0.200. The standard InChI is InChI=1S/C15H14ClF2NO4S/c1-22-14-7-6-12(8-13(14)16)24(20,21)19-9-10-2-4-11(5-3-10)23-15(17)18/h2-8,15,19H,9H2,1H3. The number of hydrogen-bond donors (Lipinski definition) is 1. The van der Waals surface area contributed by atoms with Crippen LogP contribution in [0.3, 0.4) is 0 Å². The Kier molecular flexibility index (Phi) is 5.98. The van der Waals surface area contributed by atoms with Crippen molar-refractivity contribution >= 4 is 21.6 Å². The van der Waals surface area contributed by atoms with Crippen molar-refractivity contribution in [3.8, 4) is 11.5 Å². The van der Waals surface area contributed by atoms with Gasteiger partial charge >= 0.3 is 6.61 Å². The van der Waals surface area contributed by atoms with Gasteiger partial charge in [0.15, 0.2) is 0 Å². The fourth-order valence-electron chi connectivity index (χ4n) is 1.86. The molecular weight excluding hydrogens is 364 g/mol. The number of halogens is 3. The highest BCUT2D eigenvalue weighted by Gasteiger charge is 2.16. The first-order valence-corrected chi connectivity index (χ1v) is 8.55. The van der Waals surface area contributed by atoms with Gasteiger partial charge in [-0.3, -0.25) is 0 Å². The molecule has 0 aliphatic carbocycles. The molecule has 5 nitrogen and oxygen atoms in total. The highest BCUT2D eigenvalue weighted by molar-refractivity contribution is 7.89. The first-order valence-electron chi connectivity index (χ1n) is 6.69. The zero-order valence-electron chi connectivity index (χ0n) is 12.5. The number of rotatable bonds is 7. The molecule has 0 aliphatic heterocycles. The number of benzene rings is 2. The average Bonchev–Trinajstić information content (AvgIpc) is 2.53. The van der Waals surface area contributed by atoms with E-state index >= 15 is 0 Å². The molecule has 0 aromatic heterocycles. The molecule has 0 saturated carbocycles. The van der Waals surface area contributed by atoms with Crippen molar-refractivity contribution in [1.29, 1.82) is 0 Å². The van der Waals surface area contributed by atoms with Crippen molar-refractivity contribution in [3.63, 3.8) is 0 Å². The molecule has 2 rings (SSSR count). The minimum Gasteiger partial charge on any atom is -0.495 e. The topological polar surface area (TPSA) is 64.6 Å². The SMILES string of the molecule is COc1ccc(S(=O)(=O)NCc2ccc(OC(F)F)cc2)cc1Cl. The molecule has 9 heteroatoms. The van der Waals surface area contributed by atoms with Crippen molar-refractivity contribution in [2.24, 2.45) is 0 Å². The van der Waals surface area contributed by atoms with Crippen LogP contribution in [0.15, 0.2) is 47.4 Å². The van der Waals surface area contributed by atoms with Crippen LogP contribution in [0.25, 0.3) is 0 Å². The van der Waals surface area contributed by atoms with E-state index < -0.39 is 16.6 Å². The van der Waals surface area contributed by atoms with E-state index in [2.05, 4.69) is 9.46 Å². The number of alkyl halides is 2. The molecule has 24 heavy (non-hydrogen) atoms. The van der Waals surface area contributed by atoms with E-state index in [-0.39, 0.29) is 22.2 Å². The summed E-state index contributed by atoms with van der Waals surface area (Å²) in [6, 6.07) is 9.74. The Morgan fingerprint density at radius 3 is 2.38 bits per heavy atom. The third-order valence-corrected chi connectivity index (χ3v) is 4.74. The van der Waals surface area contributed by atoms with Gasteiger partial charge in [0.05, 0.1) is 17.0 Å². The van der Waals surface area contributed by atoms with Crippen molar-refractivity contribution in [3.05, 3.63) is 53.1 Å². The molecule has 0 fully saturated rings. The lowest BCUT2D eigenvalue weighted by Gasteiger charge is -2.10. The summed E-state index contributed by atoms with van der Waals surface area (Å²) in [4.78, 5) is -0.00838. The van der Waals surface area contributed by atoms with Gasteiger partial charge in [0, 0.05) is 6.54 Å². The third-order valence-electron chi connectivity index (χ3n) is 3.05. The molecule has 0 heterocycles. The number of hydrogen-bond acceptors (Lipinski definition) is 4.